The minimum Gasteiger partial charge on any atom is -0.478 e. The van der Waals surface area contributed by atoms with Crippen LogP contribution in [0.3, 0.4) is 0 Å². The summed E-state index contributed by atoms with van der Waals surface area (Å²) in [6.45, 7) is 1.67. The maximum absolute atomic E-state index is 10.3. The van der Waals surface area contributed by atoms with Crippen molar-refractivity contribution in [2.24, 2.45) is 0 Å². The first-order chi connectivity index (χ1) is 6.24. The Hall–Kier alpha value is -1.03. The summed E-state index contributed by atoms with van der Waals surface area (Å²) in [5.74, 6) is -0.890. The number of nitrogens with zero attached hydrogens (tertiary/aromatic N) is 1. The molecule has 2 aliphatic heterocycles. The van der Waals surface area contributed by atoms with Crippen LogP contribution in [0.2, 0.25) is 0 Å². The van der Waals surface area contributed by atoms with Gasteiger partial charge < -0.3 is 14.7 Å². The first kappa shape index (κ1) is 8.56. The van der Waals surface area contributed by atoms with E-state index in [9.17, 15) is 4.79 Å². The molecule has 4 heteroatoms. The molecule has 2 bridgehead atoms. The topological polar surface area (TPSA) is 49.8 Å². The number of likely N-dealkylation sites (tertiary alicyclic amines) is 1. The zero-order valence-corrected chi connectivity index (χ0v) is 7.35. The number of rotatable bonds is 2. The molecule has 13 heavy (non-hydrogen) atoms. The molecule has 72 valence electrons. The van der Waals surface area contributed by atoms with Gasteiger partial charge in [-0.15, -0.1) is 0 Å². The summed E-state index contributed by atoms with van der Waals surface area (Å²) >= 11 is 0. The second-order valence-electron chi connectivity index (χ2n) is 3.57. The molecule has 0 radical (unpaired) electrons. The highest BCUT2D eigenvalue weighted by Gasteiger charge is 2.32. The van der Waals surface area contributed by atoms with Crippen LogP contribution in [-0.4, -0.2) is 41.3 Å². The fourth-order valence-corrected chi connectivity index (χ4v) is 1.94. The molecule has 2 heterocycles. The highest BCUT2D eigenvalue weighted by Crippen LogP contribution is 2.26. The van der Waals surface area contributed by atoms with Crippen molar-refractivity contribution in [1.29, 1.82) is 0 Å². The van der Waals surface area contributed by atoms with Crippen molar-refractivity contribution in [2.45, 2.75) is 25.0 Å². The third-order valence-corrected chi connectivity index (χ3v) is 2.50. The number of hydrogen-bond donors (Lipinski definition) is 1. The van der Waals surface area contributed by atoms with Gasteiger partial charge in [-0.05, 0) is 12.8 Å². The number of carbonyl (C=O) groups is 1. The molecule has 0 aromatic carbocycles. The van der Waals surface area contributed by atoms with Crippen molar-refractivity contribution in [1.82, 2.24) is 4.90 Å². The molecule has 0 amide bonds. The van der Waals surface area contributed by atoms with Crippen molar-refractivity contribution in [3.8, 4) is 0 Å². The average molecular weight is 183 g/mol. The van der Waals surface area contributed by atoms with Gasteiger partial charge in [0.25, 0.3) is 0 Å². The van der Waals surface area contributed by atoms with E-state index in [1.165, 1.54) is 6.08 Å². The molecular weight excluding hydrogens is 170 g/mol. The normalized spacial score (nSPS) is 32.8. The Kier molecular flexibility index (Phi) is 2.22. The summed E-state index contributed by atoms with van der Waals surface area (Å²) < 4.78 is 5.61. The summed E-state index contributed by atoms with van der Waals surface area (Å²) in [6, 6.07) is 0. The lowest BCUT2D eigenvalue weighted by Gasteiger charge is -2.30. The zero-order chi connectivity index (χ0) is 9.26. The van der Waals surface area contributed by atoms with Gasteiger partial charge in [-0.1, -0.05) is 0 Å². The minimum atomic E-state index is -0.890. The second-order valence-corrected chi connectivity index (χ2v) is 3.57. The lowest BCUT2D eigenvalue weighted by Crippen LogP contribution is -2.39. The number of aliphatic carboxylic acids is 1. The largest absolute Gasteiger partial charge is 0.478 e. The van der Waals surface area contributed by atoms with Crippen LogP contribution < -0.4 is 0 Å². The Balaban J connectivity index is 1.91. The summed E-state index contributed by atoms with van der Waals surface area (Å²) in [5, 5.41) is 8.45. The number of fused-ring (bicyclic) bond motifs is 2. The summed E-state index contributed by atoms with van der Waals surface area (Å²) in [4.78, 5) is 12.3. The number of morpholine rings is 1. The fraction of sp³-hybridized carbons (Fsp3) is 0.667. The zero-order valence-electron chi connectivity index (χ0n) is 7.35. The molecule has 0 spiro atoms. The Bertz CT molecular complexity index is 227. The van der Waals surface area contributed by atoms with E-state index < -0.39 is 5.97 Å². The monoisotopic (exact) mass is 183 g/mol. The van der Waals surface area contributed by atoms with Gasteiger partial charge in [0, 0.05) is 25.4 Å². The van der Waals surface area contributed by atoms with Gasteiger partial charge in [0.1, 0.15) is 0 Å². The molecule has 2 aliphatic rings. The predicted molar refractivity (Wildman–Crippen MR) is 46.2 cm³/mol. The molecule has 0 aromatic heterocycles. The van der Waals surface area contributed by atoms with Crippen LogP contribution in [0.5, 0.6) is 0 Å². The maximum atomic E-state index is 10.3. The van der Waals surface area contributed by atoms with E-state index >= 15 is 0 Å². The number of hydrogen-bond acceptors (Lipinski definition) is 3. The van der Waals surface area contributed by atoms with E-state index in [1.54, 1.807) is 6.20 Å². The van der Waals surface area contributed by atoms with Crippen LogP contribution in [0.4, 0.5) is 0 Å². The highest BCUT2D eigenvalue weighted by atomic mass is 16.5. The van der Waals surface area contributed by atoms with E-state index in [-0.39, 0.29) is 0 Å². The lowest BCUT2D eigenvalue weighted by atomic mass is 10.2. The highest BCUT2D eigenvalue weighted by molar-refractivity contribution is 5.79. The first-order valence-electron chi connectivity index (χ1n) is 4.54. The number of ether oxygens (including phenoxy) is 1. The minimum absolute atomic E-state index is 0.317. The van der Waals surface area contributed by atoms with Crippen molar-refractivity contribution >= 4 is 5.97 Å². The van der Waals surface area contributed by atoms with Crippen LogP contribution in [0.25, 0.3) is 0 Å². The first-order valence-corrected chi connectivity index (χ1v) is 4.54. The lowest BCUT2D eigenvalue weighted by molar-refractivity contribution is -0.131. The van der Waals surface area contributed by atoms with E-state index in [1.807, 2.05) is 4.90 Å². The smallest absolute Gasteiger partial charge is 0.329 e. The molecule has 2 saturated heterocycles. The molecule has 4 nitrogen and oxygen atoms in total. The van der Waals surface area contributed by atoms with Crippen molar-refractivity contribution < 1.29 is 14.6 Å². The van der Waals surface area contributed by atoms with Crippen LogP contribution >= 0.6 is 0 Å². The van der Waals surface area contributed by atoms with Crippen molar-refractivity contribution in [3.63, 3.8) is 0 Å². The second kappa shape index (κ2) is 3.38. The SMILES string of the molecule is O=C(O)C=CN1CC2CCC(C1)O2. The van der Waals surface area contributed by atoms with Gasteiger partial charge in [-0.3, -0.25) is 0 Å². The molecule has 0 aliphatic carbocycles. The molecule has 2 atom stereocenters. The Morgan fingerprint density at radius 1 is 1.38 bits per heavy atom. The van der Waals surface area contributed by atoms with Gasteiger partial charge in [0.15, 0.2) is 0 Å². The number of carboxylic acid groups (broad SMARTS) is 1. The molecule has 1 N–H and O–H groups in total. The molecule has 2 rings (SSSR count). The summed E-state index contributed by atoms with van der Waals surface area (Å²) in [6.07, 6.45) is 5.69. The fourth-order valence-electron chi connectivity index (χ4n) is 1.94. The van der Waals surface area contributed by atoms with Crippen LogP contribution in [0.15, 0.2) is 12.3 Å². The summed E-state index contributed by atoms with van der Waals surface area (Å²) in [7, 11) is 0. The van der Waals surface area contributed by atoms with E-state index in [0.29, 0.717) is 12.2 Å². The van der Waals surface area contributed by atoms with E-state index in [0.717, 1.165) is 25.9 Å². The molecular formula is C9H13NO3. The van der Waals surface area contributed by atoms with E-state index in [2.05, 4.69) is 0 Å². The van der Waals surface area contributed by atoms with Gasteiger partial charge in [-0.2, -0.15) is 0 Å². The Morgan fingerprint density at radius 3 is 2.54 bits per heavy atom. The standard InChI is InChI=1S/C9H13NO3/c11-9(12)3-4-10-5-7-1-2-8(6-10)13-7/h3-4,7-8H,1-2,5-6H2,(H,11,12). The maximum Gasteiger partial charge on any atom is 0.329 e. The molecule has 0 aromatic rings. The van der Waals surface area contributed by atoms with Gasteiger partial charge in [-0.25, -0.2) is 4.79 Å². The third-order valence-electron chi connectivity index (χ3n) is 2.50. The molecule has 2 fully saturated rings. The van der Waals surface area contributed by atoms with Crippen molar-refractivity contribution in [2.75, 3.05) is 13.1 Å². The summed E-state index contributed by atoms with van der Waals surface area (Å²) in [5.41, 5.74) is 0. The quantitative estimate of drug-likeness (QED) is 0.631. The van der Waals surface area contributed by atoms with Crippen LogP contribution in [-0.2, 0) is 9.53 Å². The predicted octanol–water partition coefficient (Wildman–Crippen LogP) is 0.448. The van der Waals surface area contributed by atoms with Crippen LogP contribution in [0.1, 0.15) is 12.8 Å². The van der Waals surface area contributed by atoms with Gasteiger partial charge in [0.2, 0.25) is 0 Å². The molecule has 0 saturated carbocycles. The van der Waals surface area contributed by atoms with Crippen LogP contribution in [0, 0.1) is 0 Å². The molecule has 2 unspecified atom stereocenters. The Morgan fingerprint density at radius 2 is 2.00 bits per heavy atom. The van der Waals surface area contributed by atoms with Gasteiger partial charge >= 0.3 is 5.97 Å². The van der Waals surface area contributed by atoms with Crippen molar-refractivity contribution in [3.05, 3.63) is 12.3 Å². The Labute approximate surface area is 76.8 Å². The third kappa shape index (κ3) is 2.01. The number of carboxylic acids is 1. The van der Waals surface area contributed by atoms with E-state index in [4.69, 9.17) is 9.84 Å². The average Bonchev–Trinajstić information content (AvgIpc) is 2.42. The van der Waals surface area contributed by atoms with Gasteiger partial charge in [0.05, 0.1) is 12.2 Å².